The van der Waals surface area contributed by atoms with Gasteiger partial charge >= 0.3 is 0 Å². The Bertz CT molecular complexity index is 512. The first kappa shape index (κ1) is 18.1. The van der Waals surface area contributed by atoms with Gasteiger partial charge < -0.3 is 5.32 Å². The lowest BCUT2D eigenvalue weighted by atomic mass is 10.1. The summed E-state index contributed by atoms with van der Waals surface area (Å²) in [4.78, 5) is 1.37. The van der Waals surface area contributed by atoms with Crippen LogP contribution in [-0.4, -0.2) is 21.5 Å². The lowest BCUT2D eigenvalue weighted by Gasteiger charge is -2.07. The normalized spacial score (nSPS) is 12.2. The fourth-order valence-electron chi connectivity index (χ4n) is 1.62. The van der Waals surface area contributed by atoms with Crippen LogP contribution in [0.4, 0.5) is 0 Å². The van der Waals surface area contributed by atoms with Gasteiger partial charge in [-0.05, 0) is 47.3 Å². The number of thiophene rings is 1. The van der Waals surface area contributed by atoms with Crippen molar-refractivity contribution >= 4 is 37.3 Å². The Hall–Kier alpha value is 0.0500. The first-order chi connectivity index (χ1) is 9.36. The largest absolute Gasteiger partial charge is 0.312 e. The van der Waals surface area contributed by atoms with Gasteiger partial charge in [0.2, 0.25) is 10.0 Å². The van der Waals surface area contributed by atoms with E-state index in [1.165, 1.54) is 11.3 Å². The molecule has 20 heavy (non-hydrogen) atoms. The minimum atomic E-state index is -3.41. The van der Waals surface area contributed by atoms with Crippen LogP contribution in [0.2, 0.25) is 0 Å². The van der Waals surface area contributed by atoms with Gasteiger partial charge in [-0.3, -0.25) is 0 Å². The molecule has 0 spiro atoms. The third-order valence-electron chi connectivity index (χ3n) is 2.74. The highest BCUT2D eigenvalue weighted by Gasteiger charge is 2.20. The molecular formula is C13H23BrN2O2S2. The van der Waals surface area contributed by atoms with Crippen molar-refractivity contribution in [3.05, 3.63) is 14.7 Å². The number of rotatable bonds is 9. The molecule has 0 amide bonds. The van der Waals surface area contributed by atoms with Gasteiger partial charge in [0.1, 0.15) is 4.90 Å². The van der Waals surface area contributed by atoms with Crippen molar-refractivity contribution in [2.75, 3.05) is 13.1 Å². The highest BCUT2D eigenvalue weighted by atomic mass is 79.9. The number of nitrogens with one attached hydrogen (secondary N) is 2. The van der Waals surface area contributed by atoms with Crippen molar-refractivity contribution < 1.29 is 8.42 Å². The van der Waals surface area contributed by atoms with Gasteiger partial charge in [-0.2, -0.15) is 0 Å². The van der Waals surface area contributed by atoms with Crippen LogP contribution in [0.15, 0.2) is 14.7 Å². The summed E-state index contributed by atoms with van der Waals surface area (Å²) in [7, 11) is -3.41. The molecule has 1 heterocycles. The molecule has 0 aromatic carbocycles. The predicted molar refractivity (Wildman–Crippen MR) is 88.7 cm³/mol. The fraction of sp³-hybridized carbons (Fsp3) is 0.692. The van der Waals surface area contributed by atoms with E-state index in [0.29, 0.717) is 27.7 Å². The van der Waals surface area contributed by atoms with E-state index < -0.39 is 10.0 Å². The molecule has 0 aliphatic rings. The third-order valence-corrected chi connectivity index (χ3v) is 6.45. The van der Waals surface area contributed by atoms with Crippen molar-refractivity contribution in [2.24, 2.45) is 5.92 Å². The van der Waals surface area contributed by atoms with E-state index in [-0.39, 0.29) is 0 Å². The van der Waals surface area contributed by atoms with E-state index in [0.717, 1.165) is 24.3 Å². The number of hydrogen-bond acceptors (Lipinski definition) is 4. The van der Waals surface area contributed by atoms with Gasteiger partial charge in [0.25, 0.3) is 0 Å². The molecule has 116 valence electrons. The summed E-state index contributed by atoms with van der Waals surface area (Å²) in [6, 6.07) is 1.75. The fourth-order valence-corrected chi connectivity index (χ4v) is 5.31. The molecule has 0 radical (unpaired) electrons. The Kier molecular flexibility index (Phi) is 7.68. The lowest BCUT2D eigenvalue weighted by Crippen LogP contribution is -2.25. The summed E-state index contributed by atoms with van der Waals surface area (Å²) in [5.41, 5.74) is 0. The van der Waals surface area contributed by atoms with Crippen LogP contribution in [0.1, 0.15) is 38.5 Å². The van der Waals surface area contributed by atoms with Gasteiger partial charge in [0.05, 0.1) is 3.79 Å². The summed E-state index contributed by atoms with van der Waals surface area (Å²) < 4.78 is 27.8. The molecule has 0 aliphatic carbocycles. The number of hydrogen-bond donors (Lipinski definition) is 2. The third kappa shape index (κ3) is 5.81. The van der Waals surface area contributed by atoms with E-state index in [2.05, 4.69) is 46.7 Å². The predicted octanol–water partition coefficient (Wildman–Crippen LogP) is 3.33. The van der Waals surface area contributed by atoms with Crippen molar-refractivity contribution in [1.29, 1.82) is 0 Å². The molecule has 0 atom stereocenters. The van der Waals surface area contributed by atoms with Crippen LogP contribution in [0.25, 0.3) is 0 Å². The zero-order valence-electron chi connectivity index (χ0n) is 12.2. The standard InChI is InChI=1S/C13H23BrN2O2S2/c1-4-6-15-9-11-8-12(13(14)19-11)20(17,18)16-7-5-10(2)3/h8,10,15-16H,4-7,9H2,1-3H3. The highest BCUT2D eigenvalue weighted by molar-refractivity contribution is 9.11. The van der Waals surface area contributed by atoms with Crippen molar-refractivity contribution in [3.63, 3.8) is 0 Å². The summed E-state index contributed by atoms with van der Waals surface area (Å²) in [6.45, 7) is 8.37. The maximum atomic E-state index is 12.2. The Balaban J connectivity index is 2.69. The molecule has 1 aromatic rings. The maximum Gasteiger partial charge on any atom is 0.242 e. The van der Waals surface area contributed by atoms with Gasteiger partial charge in [-0.15, -0.1) is 11.3 Å². The molecule has 0 bridgehead atoms. The number of halogens is 1. The van der Waals surface area contributed by atoms with E-state index >= 15 is 0 Å². The van der Waals surface area contributed by atoms with Crippen molar-refractivity contribution in [3.8, 4) is 0 Å². The smallest absolute Gasteiger partial charge is 0.242 e. The van der Waals surface area contributed by atoms with E-state index in [9.17, 15) is 8.42 Å². The van der Waals surface area contributed by atoms with E-state index in [4.69, 9.17) is 0 Å². The first-order valence-corrected chi connectivity index (χ1v) is 9.94. The zero-order valence-corrected chi connectivity index (χ0v) is 15.4. The van der Waals surface area contributed by atoms with Crippen LogP contribution in [0.5, 0.6) is 0 Å². The van der Waals surface area contributed by atoms with E-state index in [1.54, 1.807) is 6.07 Å². The monoisotopic (exact) mass is 382 g/mol. The molecule has 2 N–H and O–H groups in total. The molecule has 0 saturated heterocycles. The van der Waals surface area contributed by atoms with Gasteiger partial charge in [-0.1, -0.05) is 20.8 Å². The minimum Gasteiger partial charge on any atom is -0.312 e. The second-order valence-electron chi connectivity index (χ2n) is 5.11. The average Bonchev–Trinajstić information content (AvgIpc) is 2.71. The minimum absolute atomic E-state index is 0.347. The Labute approximate surface area is 134 Å². The molecule has 1 rings (SSSR count). The van der Waals surface area contributed by atoms with Crippen LogP contribution < -0.4 is 10.0 Å². The Morgan fingerprint density at radius 1 is 1.35 bits per heavy atom. The second-order valence-corrected chi connectivity index (χ2v) is 9.30. The molecular weight excluding hydrogens is 360 g/mol. The zero-order chi connectivity index (χ0) is 15.2. The molecule has 7 heteroatoms. The highest BCUT2D eigenvalue weighted by Crippen LogP contribution is 2.31. The molecule has 0 aliphatic heterocycles. The van der Waals surface area contributed by atoms with Crippen LogP contribution in [-0.2, 0) is 16.6 Å². The molecule has 0 saturated carbocycles. The summed E-state index contributed by atoms with van der Waals surface area (Å²) in [5.74, 6) is 0.484. The molecule has 4 nitrogen and oxygen atoms in total. The summed E-state index contributed by atoms with van der Waals surface area (Å²) in [6.07, 6.45) is 1.90. The molecule has 1 aromatic heterocycles. The second kappa shape index (κ2) is 8.48. The van der Waals surface area contributed by atoms with Crippen molar-refractivity contribution in [2.45, 2.75) is 45.1 Å². The SMILES string of the molecule is CCCNCc1cc(S(=O)(=O)NCCC(C)C)c(Br)s1. The average molecular weight is 383 g/mol. The van der Waals surface area contributed by atoms with Crippen molar-refractivity contribution in [1.82, 2.24) is 10.0 Å². The van der Waals surface area contributed by atoms with Crippen LogP contribution in [0.3, 0.4) is 0 Å². The lowest BCUT2D eigenvalue weighted by molar-refractivity contribution is 0.551. The summed E-state index contributed by atoms with van der Waals surface area (Å²) in [5, 5.41) is 3.28. The summed E-state index contributed by atoms with van der Waals surface area (Å²) >= 11 is 4.82. The first-order valence-electron chi connectivity index (χ1n) is 6.85. The van der Waals surface area contributed by atoms with E-state index in [1.807, 2.05) is 0 Å². The molecule has 0 unspecified atom stereocenters. The quantitative estimate of drug-likeness (QED) is 0.643. The van der Waals surface area contributed by atoms with Gasteiger partial charge in [0.15, 0.2) is 0 Å². The van der Waals surface area contributed by atoms with Gasteiger partial charge in [-0.25, -0.2) is 13.1 Å². The van der Waals surface area contributed by atoms with Gasteiger partial charge in [0, 0.05) is 18.0 Å². The Morgan fingerprint density at radius 3 is 2.65 bits per heavy atom. The molecule has 0 fully saturated rings. The Morgan fingerprint density at radius 2 is 2.05 bits per heavy atom. The topological polar surface area (TPSA) is 58.2 Å². The number of sulfonamides is 1. The van der Waals surface area contributed by atoms with Crippen LogP contribution in [0, 0.1) is 5.92 Å². The maximum absolute atomic E-state index is 12.2. The van der Waals surface area contributed by atoms with Crippen LogP contribution >= 0.6 is 27.3 Å².